The molecular weight excluding hydrogens is 340 g/mol. The van der Waals surface area contributed by atoms with Crippen LogP contribution in [0, 0.1) is 6.92 Å². The Bertz CT molecular complexity index is 1070. The van der Waals surface area contributed by atoms with Gasteiger partial charge in [-0.15, -0.1) is 0 Å². The van der Waals surface area contributed by atoms with Gasteiger partial charge in [-0.3, -0.25) is 4.79 Å². The van der Waals surface area contributed by atoms with Gasteiger partial charge in [-0.2, -0.15) is 5.10 Å². The number of aryl methyl sites for hydroxylation is 1. The number of carbonyl (C=O) groups is 1. The first-order chi connectivity index (χ1) is 12.1. The number of hydrogen-bond donors (Lipinski definition) is 1. The van der Waals surface area contributed by atoms with Crippen LogP contribution in [0.2, 0.25) is 5.02 Å². The lowest BCUT2D eigenvalue weighted by atomic mass is 10.1. The highest BCUT2D eigenvalue weighted by molar-refractivity contribution is 6.31. The number of nitrogens with zero attached hydrogens (tertiary/aromatic N) is 3. The summed E-state index contributed by atoms with van der Waals surface area (Å²) in [7, 11) is 0. The molecule has 1 amide bonds. The molecule has 4 rings (SSSR count). The molecule has 0 bridgehead atoms. The molecule has 0 radical (unpaired) electrons. The second-order valence-corrected chi connectivity index (χ2v) is 5.91. The number of pyridine rings is 1. The lowest BCUT2D eigenvalue weighted by molar-refractivity contribution is 0.0998. The van der Waals surface area contributed by atoms with Gasteiger partial charge < -0.3 is 9.73 Å². The summed E-state index contributed by atoms with van der Waals surface area (Å²) in [5.74, 6) is 0.413. The average Bonchev–Trinajstić information content (AvgIpc) is 3.24. The fraction of sp³-hybridized carbons (Fsp3) is 0.0556. The number of hydrogen-bond acceptors (Lipinski definition) is 4. The second kappa shape index (κ2) is 6.07. The lowest BCUT2D eigenvalue weighted by Crippen LogP contribution is -2.15. The minimum absolute atomic E-state index is 0.243. The molecule has 0 aliphatic carbocycles. The zero-order valence-electron chi connectivity index (χ0n) is 13.2. The van der Waals surface area contributed by atoms with E-state index in [1.807, 2.05) is 6.92 Å². The monoisotopic (exact) mass is 352 g/mol. The maximum Gasteiger partial charge on any atom is 0.291 e. The molecule has 3 heterocycles. The van der Waals surface area contributed by atoms with Crippen molar-refractivity contribution in [1.82, 2.24) is 14.8 Å². The molecule has 0 saturated heterocycles. The Morgan fingerprint density at radius 1 is 1.24 bits per heavy atom. The number of nitrogens with one attached hydrogen (secondary N) is 1. The molecule has 3 aromatic heterocycles. The van der Waals surface area contributed by atoms with Gasteiger partial charge in [-0.25, -0.2) is 9.67 Å². The Morgan fingerprint density at radius 3 is 2.92 bits per heavy atom. The summed E-state index contributed by atoms with van der Waals surface area (Å²) < 4.78 is 7.29. The smallest absolute Gasteiger partial charge is 0.291 e. The Morgan fingerprint density at radius 2 is 2.12 bits per heavy atom. The Hall–Kier alpha value is -3.12. The summed E-state index contributed by atoms with van der Waals surface area (Å²) in [6.07, 6.45) is 5.04. The zero-order chi connectivity index (χ0) is 17.4. The van der Waals surface area contributed by atoms with Gasteiger partial charge in [0.25, 0.3) is 5.91 Å². The molecule has 1 aromatic carbocycles. The van der Waals surface area contributed by atoms with Crippen molar-refractivity contribution in [3.63, 3.8) is 0 Å². The molecule has 0 atom stereocenters. The number of anilines is 1. The molecular formula is C18H13ClN4O2. The van der Waals surface area contributed by atoms with Crippen LogP contribution >= 0.6 is 11.6 Å². The van der Waals surface area contributed by atoms with Gasteiger partial charge in [0.1, 0.15) is 5.58 Å². The maximum absolute atomic E-state index is 12.7. The van der Waals surface area contributed by atoms with Crippen LogP contribution in [0.15, 0.2) is 59.4 Å². The van der Waals surface area contributed by atoms with Crippen molar-refractivity contribution in [2.75, 3.05) is 5.32 Å². The van der Waals surface area contributed by atoms with E-state index < -0.39 is 0 Å². The number of halogens is 1. The Labute approximate surface area is 148 Å². The van der Waals surface area contributed by atoms with Gasteiger partial charge in [0.15, 0.2) is 11.6 Å². The van der Waals surface area contributed by atoms with Crippen LogP contribution < -0.4 is 5.32 Å². The Balaban J connectivity index is 1.71. The first-order valence-electron chi connectivity index (χ1n) is 7.58. The van der Waals surface area contributed by atoms with Crippen molar-refractivity contribution in [3.8, 4) is 5.82 Å². The highest BCUT2D eigenvalue weighted by Crippen LogP contribution is 2.28. The summed E-state index contributed by atoms with van der Waals surface area (Å²) in [4.78, 5) is 17.0. The van der Waals surface area contributed by atoms with Crippen LogP contribution in [-0.4, -0.2) is 20.7 Å². The van der Waals surface area contributed by atoms with E-state index in [1.54, 1.807) is 59.7 Å². The number of aromatic nitrogens is 3. The van der Waals surface area contributed by atoms with E-state index in [2.05, 4.69) is 15.4 Å². The van der Waals surface area contributed by atoms with E-state index in [0.717, 1.165) is 10.9 Å². The summed E-state index contributed by atoms with van der Waals surface area (Å²) in [6, 6.07) is 10.6. The molecule has 124 valence electrons. The molecule has 0 fully saturated rings. The van der Waals surface area contributed by atoms with E-state index in [0.29, 0.717) is 22.1 Å². The first kappa shape index (κ1) is 15.4. The van der Waals surface area contributed by atoms with E-state index >= 15 is 0 Å². The molecule has 0 spiro atoms. The SMILES string of the molecule is Cc1c(C(=O)Nc2cccnc2-n2cccn2)oc2ccc(Cl)cc12. The highest BCUT2D eigenvalue weighted by atomic mass is 35.5. The second-order valence-electron chi connectivity index (χ2n) is 5.48. The van der Waals surface area contributed by atoms with Crippen LogP contribution in [0.25, 0.3) is 16.8 Å². The van der Waals surface area contributed by atoms with Gasteiger partial charge in [-0.1, -0.05) is 11.6 Å². The molecule has 0 aliphatic heterocycles. The summed E-state index contributed by atoms with van der Waals surface area (Å²) >= 11 is 6.03. The largest absolute Gasteiger partial charge is 0.451 e. The molecule has 1 N–H and O–H groups in total. The normalized spacial score (nSPS) is 11.0. The minimum atomic E-state index is -0.355. The minimum Gasteiger partial charge on any atom is -0.451 e. The first-order valence-corrected chi connectivity index (χ1v) is 7.96. The maximum atomic E-state index is 12.7. The number of amides is 1. The fourth-order valence-corrected chi connectivity index (χ4v) is 2.83. The van der Waals surface area contributed by atoms with Gasteiger partial charge in [0.2, 0.25) is 0 Å². The molecule has 6 nitrogen and oxygen atoms in total. The van der Waals surface area contributed by atoms with Crippen molar-refractivity contribution < 1.29 is 9.21 Å². The summed E-state index contributed by atoms with van der Waals surface area (Å²) in [6.45, 7) is 1.83. The van der Waals surface area contributed by atoms with E-state index in [-0.39, 0.29) is 11.7 Å². The molecule has 25 heavy (non-hydrogen) atoms. The van der Waals surface area contributed by atoms with Crippen LogP contribution in [0.5, 0.6) is 0 Å². The van der Waals surface area contributed by atoms with E-state index in [1.165, 1.54) is 0 Å². The van der Waals surface area contributed by atoms with Gasteiger partial charge in [0.05, 0.1) is 5.69 Å². The molecule has 0 aliphatic rings. The van der Waals surface area contributed by atoms with Crippen LogP contribution in [0.1, 0.15) is 16.1 Å². The molecule has 0 unspecified atom stereocenters. The number of benzene rings is 1. The molecule has 0 saturated carbocycles. The van der Waals surface area contributed by atoms with Crippen LogP contribution in [-0.2, 0) is 0 Å². The van der Waals surface area contributed by atoms with E-state index in [9.17, 15) is 4.79 Å². The van der Waals surface area contributed by atoms with Crippen molar-refractivity contribution >= 4 is 34.2 Å². The van der Waals surface area contributed by atoms with Gasteiger partial charge in [-0.05, 0) is 43.3 Å². The third kappa shape index (κ3) is 2.77. The predicted molar refractivity (Wildman–Crippen MR) is 95.3 cm³/mol. The van der Waals surface area contributed by atoms with Crippen molar-refractivity contribution in [2.24, 2.45) is 0 Å². The van der Waals surface area contributed by atoms with E-state index in [4.69, 9.17) is 16.0 Å². The third-order valence-corrected chi connectivity index (χ3v) is 4.10. The highest BCUT2D eigenvalue weighted by Gasteiger charge is 2.19. The molecule has 4 aromatic rings. The lowest BCUT2D eigenvalue weighted by Gasteiger charge is -2.09. The number of fused-ring (bicyclic) bond motifs is 1. The quantitative estimate of drug-likeness (QED) is 0.599. The number of carbonyl (C=O) groups excluding carboxylic acids is 1. The third-order valence-electron chi connectivity index (χ3n) is 3.86. The average molecular weight is 353 g/mol. The summed E-state index contributed by atoms with van der Waals surface area (Å²) in [5.41, 5.74) is 1.89. The zero-order valence-corrected chi connectivity index (χ0v) is 14.0. The number of rotatable bonds is 3. The summed E-state index contributed by atoms with van der Waals surface area (Å²) in [5, 5.41) is 8.41. The van der Waals surface area contributed by atoms with Gasteiger partial charge >= 0.3 is 0 Å². The van der Waals surface area contributed by atoms with Crippen molar-refractivity contribution in [1.29, 1.82) is 0 Å². The van der Waals surface area contributed by atoms with Gasteiger partial charge in [0, 0.05) is 34.6 Å². The van der Waals surface area contributed by atoms with Crippen LogP contribution in [0.4, 0.5) is 5.69 Å². The number of furan rings is 1. The van der Waals surface area contributed by atoms with Crippen molar-refractivity contribution in [2.45, 2.75) is 6.92 Å². The topological polar surface area (TPSA) is 73.0 Å². The molecule has 7 heteroatoms. The van der Waals surface area contributed by atoms with Crippen molar-refractivity contribution in [3.05, 3.63) is 71.3 Å². The Kier molecular flexibility index (Phi) is 3.74. The standard InChI is InChI=1S/C18H13ClN4O2/c1-11-13-10-12(19)5-6-15(13)25-16(11)18(24)22-14-4-2-7-20-17(14)23-9-3-8-21-23/h2-10H,1H3,(H,22,24). The van der Waals surface area contributed by atoms with Crippen LogP contribution in [0.3, 0.4) is 0 Å². The fourth-order valence-electron chi connectivity index (χ4n) is 2.66. The predicted octanol–water partition coefficient (Wildman–Crippen LogP) is 4.23.